The Balaban J connectivity index is 4.12. The Bertz CT molecular complexity index is 347. The van der Waals surface area contributed by atoms with Crippen LogP contribution in [0, 0.1) is 0 Å². The predicted octanol–water partition coefficient (Wildman–Crippen LogP) is -0.0788. The van der Waals surface area contributed by atoms with Crippen LogP contribution in [0.5, 0.6) is 0 Å². The largest absolute Gasteiger partial charge is 0.393 e. The molecule has 0 saturated carbocycles. The number of carbonyl (C=O) groups is 2. The van der Waals surface area contributed by atoms with Crippen molar-refractivity contribution in [2.45, 2.75) is 19.8 Å². The molecule has 0 bridgehead atoms. The van der Waals surface area contributed by atoms with Crippen molar-refractivity contribution in [3.63, 3.8) is 0 Å². The molecular formula is C13H26N4O2S. The third-order valence-corrected chi connectivity index (χ3v) is 3.27. The van der Waals surface area contributed by atoms with Crippen molar-refractivity contribution in [1.82, 2.24) is 14.7 Å². The topological polar surface area (TPSA) is 69.9 Å². The van der Waals surface area contributed by atoms with Crippen LogP contribution in [-0.4, -0.2) is 78.8 Å². The van der Waals surface area contributed by atoms with E-state index in [1.807, 2.05) is 11.8 Å². The van der Waals surface area contributed by atoms with Crippen molar-refractivity contribution >= 4 is 29.0 Å². The van der Waals surface area contributed by atoms with E-state index in [4.69, 9.17) is 18.0 Å². The lowest BCUT2D eigenvalue weighted by molar-refractivity contribution is -0.132. The van der Waals surface area contributed by atoms with Crippen molar-refractivity contribution in [2.75, 3.05) is 47.3 Å². The highest BCUT2D eigenvalue weighted by Crippen LogP contribution is 1.98. The van der Waals surface area contributed by atoms with Crippen LogP contribution in [0.25, 0.3) is 0 Å². The van der Waals surface area contributed by atoms with Gasteiger partial charge in [0.25, 0.3) is 0 Å². The molecule has 0 spiro atoms. The van der Waals surface area contributed by atoms with Gasteiger partial charge in [-0.2, -0.15) is 0 Å². The molecule has 0 atom stereocenters. The number of rotatable bonds is 9. The molecule has 20 heavy (non-hydrogen) atoms. The summed E-state index contributed by atoms with van der Waals surface area (Å²) in [5.41, 5.74) is 5.41. The Morgan fingerprint density at radius 2 is 1.65 bits per heavy atom. The second-order valence-corrected chi connectivity index (χ2v) is 5.46. The number of likely N-dealkylation sites (N-methyl/N-ethyl adjacent to an activating group) is 2. The summed E-state index contributed by atoms with van der Waals surface area (Å²) in [5, 5.41) is 0. The van der Waals surface area contributed by atoms with E-state index in [9.17, 15) is 9.59 Å². The van der Waals surface area contributed by atoms with E-state index in [1.54, 1.807) is 30.9 Å². The van der Waals surface area contributed by atoms with Crippen molar-refractivity contribution in [1.29, 1.82) is 0 Å². The maximum atomic E-state index is 11.9. The molecule has 0 fully saturated rings. The first kappa shape index (κ1) is 18.8. The molecule has 0 heterocycles. The van der Waals surface area contributed by atoms with Crippen LogP contribution in [0.15, 0.2) is 0 Å². The number of carbonyl (C=O) groups excluding carboxylic acids is 2. The van der Waals surface area contributed by atoms with Crippen LogP contribution in [-0.2, 0) is 9.59 Å². The number of nitrogens with two attached hydrogens (primary N) is 1. The molecule has 7 heteroatoms. The predicted molar refractivity (Wildman–Crippen MR) is 84.5 cm³/mol. The number of amides is 2. The lowest BCUT2D eigenvalue weighted by Gasteiger charge is -2.23. The molecular weight excluding hydrogens is 276 g/mol. The summed E-state index contributed by atoms with van der Waals surface area (Å²) in [6, 6.07) is 0. The molecule has 2 amide bonds. The van der Waals surface area contributed by atoms with Crippen LogP contribution in [0.3, 0.4) is 0 Å². The van der Waals surface area contributed by atoms with E-state index in [-0.39, 0.29) is 11.8 Å². The van der Waals surface area contributed by atoms with Gasteiger partial charge in [0.1, 0.15) is 0 Å². The minimum absolute atomic E-state index is 0.0389. The minimum atomic E-state index is 0.0389. The summed E-state index contributed by atoms with van der Waals surface area (Å²) in [7, 11) is 5.19. The number of hydrogen-bond acceptors (Lipinski definition) is 4. The highest BCUT2D eigenvalue weighted by atomic mass is 32.1. The summed E-state index contributed by atoms with van der Waals surface area (Å²) in [6.45, 7) is 4.17. The van der Waals surface area contributed by atoms with Crippen molar-refractivity contribution in [2.24, 2.45) is 5.73 Å². The molecule has 0 aromatic heterocycles. The van der Waals surface area contributed by atoms with Gasteiger partial charge in [0.2, 0.25) is 11.8 Å². The smallest absolute Gasteiger partial charge is 0.236 e. The monoisotopic (exact) mass is 302 g/mol. The SMILES string of the molecule is CCN(CCC(=O)N(C)CCC(N)=S)CC(=O)N(C)C. The second-order valence-electron chi connectivity index (χ2n) is 4.94. The van der Waals surface area contributed by atoms with E-state index >= 15 is 0 Å². The van der Waals surface area contributed by atoms with Crippen molar-refractivity contribution < 1.29 is 9.59 Å². The molecule has 0 saturated heterocycles. The third-order valence-electron chi connectivity index (χ3n) is 3.07. The standard InChI is InChI=1S/C13H26N4O2S/c1-5-17(10-13(19)15(2)3)9-7-12(18)16(4)8-6-11(14)20/h5-10H2,1-4H3,(H2,14,20). The lowest BCUT2D eigenvalue weighted by Crippen LogP contribution is -2.39. The van der Waals surface area contributed by atoms with E-state index in [1.165, 1.54) is 0 Å². The van der Waals surface area contributed by atoms with Gasteiger partial charge >= 0.3 is 0 Å². The lowest BCUT2D eigenvalue weighted by atomic mass is 10.3. The fraction of sp³-hybridized carbons (Fsp3) is 0.769. The first-order valence-corrected chi connectivity index (χ1v) is 7.13. The van der Waals surface area contributed by atoms with Crippen LogP contribution in [0.1, 0.15) is 19.8 Å². The summed E-state index contributed by atoms with van der Waals surface area (Å²) in [4.78, 5) is 29.1. The average Bonchev–Trinajstić information content (AvgIpc) is 2.39. The molecule has 0 aromatic carbocycles. The Morgan fingerprint density at radius 1 is 1.05 bits per heavy atom. The van der Waals surface area contributed by atoms with Crippen molar-refractivity contribution in [3.8, 4) is 0 Å². The maximum Gasteiger partial charge on any atom is 0.236 e. The second kappa shape index (κ2) is 9.66. The zero-order valence-electron chi connectivity index (χ0n) is 12.9. The molecule has 0 rings (SSSR count). The highest BCUT2D eigenvalue weighted by Gasteiger charge is 2.14. The van der Waals surface area contributed by atoms with E-state index in [0.29, 0.717) is 37.5 Å². The fourth-order valence-corrected chi connectivity index (χ4v) is 1.62. The van der Waals surface area contributed by atoms with Gasteiger partial charge in [-0.25, -0.2) is 0 Å². The Hall–Kier alpha value is -1.21. The molecule has 0 aliphatic heterocycles. The van der Waals surface area contributed by atoms with Gasteiger partial charge in [0.05, 0.1) is 11.5 Å². The maximum absolute atomic E-state index is 11.9. The molecule has 2 N–H and O–H groups in total. The fourth-order valence-electron chi connectivity index (χ4n) is 1.53. The van der Waals surface area contributed by atoms with Crippen molar-refractivity contribution in [3.05, 3.63) is 0 Å². The Labute approximate surface area is 126 Å². The summed E-state index contributed by atoms with van der Waals surface area (Å²) in [5.74, 6) is 0.0816. The Kier molecular flexibility index (Phi) is 9.07. The number of hydrogen-bond donors (Lipinski definition) is 1. The molecule has 0 unspecified atom stereocenters. The van der Waals surface area contributed by atoms with Gasteiger partial charge in [-0.15, -0.1) is 0 Å². The molecule has 0 aliphatic rings. The average molecular weight is 302 g/mol. The number of nitrogens with zero attached hydrogens (tertiary/aromatic N) is 3. The molecule has 116 valence electrons. The zero-order valence-corrected chi connectivity index (χ0v) is 13.7. The molecule has 6 nitrogen and oxygen atoms in total. The molecule has 0 aliphatic carbocycles. The van der Waals surface area contributed by atoms with Gasteiger partial charge in [-0.05, 0) is 6.54 Å². The Morgan fingerprint density at radius 3 is 2.10 bits per heavy atom. The van der Waals surface area contributed by atoms with Crippen LogP contribution in [0.4, 0.5) is 0 Å². The van der Waals surface area contributed by atoms with Gasteiger partial charge in [0, 0.05) is 47.1 Å². The van der Waals surface area contributed by atoms with Gasteiger partial charge in [0.15, 0.2) is 0 Å². The zero-order chi connectivity index (χ0) is 15.7. The van der Waals surface area contributed by atoms with E-state index in [2.05, 4.69) is 0 Å². The van der Waals surface area contributed by atoms with E-state index < -0.39 is 0 Å². The van der Waals surface area contributed by atoms with Crippen LogP contribution < -0.4 is 5.73 Å². The third kappa shape index (κ3) is 8.06. The van der Waals surface area contributed by atoms with Gasteiger partial charge < -0.3 is 15.5 Å². The van der Waals surface area contributed by atoms with E-state index in [0.717, 1.165) is 6.54 Å². The van der Waals surface area contributed by atoms with Gasteiger partial charge in [-0.3, -0.25) is 14.5 Å². The summed E-state index contributed by atoms with van der Waals surface area (Å²) >= 11 is 4.79. The first-order chi connectivity index (χ1) is 9.27. The summed E-state index contributed by atoms with van der Waals surface area (Å²) in [6.07, 6.45) is 0.927. The van der Waals surface area contributed by atoms with Gasteiger partial charge in [-0.1, -0.05) is 19.1 Å². The first-order valence-electron chi connectivity index (χ1n) is 6.72. The quantitative estimate of drug-likeness (QED) is 0.603. The number of thiocarbonyl (C=S) groups is 1. The van der Waals surface area contributed by atoms with Crippen LogP contribution >= 0.6 is 12.2 Å². The minimum Gasteiger partial charge on any atom is -0.393 e. The molecule has 0 radical (unpaired) electrons. The highest BCUT2D eigenvalue weighted by molar-refractivity contribution is 7.80. The normalized spacial score (nSPS) is 10.4. The summed E-state index contributed by atoms with van der Waals surface area (Å²) < 4.78 is 0. The molecule has 0 aromatic rings. The van der Waals surface area contributed by atoms with Crippen LogP contribution in [0.2, 0.25) is 0 Å².